The van der Waals surface area contributed by atoms with Crippen LogP contribution in [0.1, 0.15) is 6.42 Å². The summed E-state index contributed by atoms with van der Waals surface area (Å²) in [5, 5.41) is 9.44. The van der Waals surface area contributed by atoms with Gasteiger partial charge in [-0.1, -0.05) is 12.1 Å². The van der Waals surface area contributed by atoms with Crippen LogP contribution in [0, 0.1) is 0 Å². The highest BCUT2D eigenvalue weighted by Crippen LogP contribution is 2.37. The number of amides is 1. The number of carboxylic acid groups (broad SMARTS) is 1. The van der Waals surface area contributed by atoms with E-state index in [0.29, 0.717) is 45.0 Å². The number of hydrogen-bond acceptors (Lipinski definition) is 5. The molecule has 2 aliphatic heterocycles. The lowest BCUT2D eigenvalue weighted by Gasteiger charge is -2.37. The van der Waals surface area contributed by atoms with Crippen LogP contribution in [-0.4, -0.2) is 73.1 Å². The van der Waals surface area contributed by atoms with Gasteiger partial charge in [-0.05, 0) is 24.3 Å². The van der Waals surface area contributed by atoms with Crippen molar-refractivity contribution in [2.75, 3.05) is 60.5 Å². The molecule has 1 saturated heterocycles. The number of fused-ring (bicyclic) bond motifs is 1. The number of aromatic nitrogens is 1. The highest BCUT2D eigenvalue weighted by atomic mass is 19.4. The van der Waals surface area contributed by atoms with Gasteiger partial charge in [-0.15, -0.1) is 0 Å². The molecule has 1 aromatic heterocycles. The van der Waals surface area contributed by atoms with Crippen LogP contribution in [0.15, 0.2) is 42.6 Å². The van der Waals surface area contributed by atoms with Crippen molar-refractivity contribution >= 4 is 29.0 Å². The minimum atomic E-state index is -4.12. The molecule has 1 N–H and O–H groups in total. The fourth-order valence-electron chi connectivity index (χ4n) is 4.04. The molecule has 0 atom stereocenters. The van der Waals surface area contributed by atoms with E-state index in [1.165, 1.54) is 4.90 Å². The number of hydrogen-bond donors (Lipinski definition) is 1. The Labute approximate surface area is 178 Å². The van der Waals surface area contributed by atoms with Crippen LogP contribution in [-0.2, 0) is 0 Å². The zero-order valence-corrected chi connectivity index (χ0v) is 16.9. The fourth-order valence-corrected chi connectivity index (χ4v) is 4.04. The van der Waals surface area contributed by atoms with Crippen LogP contribution in [0.5, 0.6) is 0 Å². The molecule has 0 bridgehead atoms. The highest BCUT2D eigenvalue weighted by Gasteiger charge is 2.29. The summed E-state index contributed by atoms with van der Waals surface area (Å²) in [6, 6.07) is 11.2. The van der Waals surface area contributed by atoms with Gasteiger partial charge < -0.3 is 14.9 Å². The Morgan fingerprint density at radius 1 is 0.968 bits per heavy atom. The standard InChI is InChI=1S/C21H24F3N5O2/c22-21(23,24)7-8-26-9-11-27(12-10-26)16-5-6-19(25-15-16)28-13-14-29(20(30)31)18-4-2-1-3-17(18)28/h1-6,15H,7-14H2,(H,30,31). The lowest BCUT2D eigenvalue weighted by Crippen LogP contribution is -2.47. The summed E-state index contributed by atoms with van der Waals surface area (Å²) in [4.78, 5) is 23.4. The summed E-state index contributed by atoms with van der Waals surface area (Å²) in [6.45, 7) is 3.35. The second-order valence-electron chi connectivity index (χ2n) is 7.64. The number of benzene rings is 1. The second kappa shape index (κ2) is 8.62. The number of piperazine rings is 1. The van der Waals surface area contributed by atoms with Crippen molar-refractivity contribution < 1.29 is 23.1 Å². The normalized spacial score (nSPS) is 17.6. The summed E-state index contributed by atoms with van der Waals surface area (Å²) in [6.07, 6.45) is -4.11. The average Bonchev–Trinajstić information content (AvgIpc) is 2.77. The van der Waals surface area contributed by atoms with E-state index in [4.69, 9.17) is 0 Å². The Kier molecular flexibility index (Phi) is 5.90. The Morgan fingerprint density at radius 3 is 2.29 bits per heavy atom. The van der Waals surface area contributed by atoms with E-state index in [0.717, 1.165) is 17.2 Å². The first-order valence-corrected chi connectivity index (χ1v) is 10.2. The number of halogens is 3. The molecule has 0 radical (unpaired) electrons. The molecule has 3 heterocycles. The summed E-state index contributed by atoms with van der Waals surface area (Å²) < 4.78 is 37.2. The van der Waals surface area contributed by atoms with E-state index in [-0.39, 0.29) is 6.54 Å². The van der Waals surface area contributed by atoms with Crippen molar-refractivity contribution in [3.63, 3.8) is 0 Å². The van der Waals surface area contributed by atoms with Gasteiger partial charge in [0, 0.05) is 45.8 Å². The molecule has 7 nitrogen and oxygen atoms in total. The van der Waals surface area contributed by atoms with Gasteiger partial charge in [-0.3, -0.25) is 9.80 Å². The van der Waals surface area contributed by atoms with E-state index in [1.807, 2.05) is 40.1 Å². The molecule has 1 amide bonds. The molecule has 0 saturated carbocycles. The van der Waals surface area contributed by atoms with Crippen molar-refractivity contribution in [3.05, 3.63) is 42.6 Å². The van der Waals surface area contributed by atoms with Gasteiger partial charge in [0.05, 0.1) is 29.7 Å². The van der Waals surface area contributed by atoms with Crippen molar-refractivity contribution in [1.82, 2.24) is 9.88 Å². The zero-order valence-electron chi connectivity index (χ0n) is 16.9. The first-order valence-electron chi connectivity index (χ1n) is 10.2. The van der Waals surface area contributed by atoms with Gasteiger partial charge in [0.25, 0.3) is 0 Å². The number of carbonyl (C=O) groups is 1. The average molecular weight is 435 g/mol. The summed E-state index contributed by atoms with van der Waals surface area (Å²) in [7, 11) is 0. The molecule has 1 aromatic carbocycles. The third-order valence-electron chi connectivity index (χ3n) is 5.70. The molecule has 2 aromatic rings. The monoisotopic (exact) mass is 435 g/mol. The fraction of sp³-hybridized carbons (Fsp3) is 0.429. The van der Waals surface area contributed by atoms with Crippen LogP contribution >= 0.6 is 0 Å². The number of anilines is 4. The van der Waals surface area contributed by atoms with Crippen LogP contribution in [0.3, 0.4) is 0 Å². The summed E-state index contributed by atoms with van der Waals surface area (Å²) in [5.74, 6) is 0.727. The van der Waals surface area contributed by atoms with E-state index >= 15 is 0 Å². The second-order valence-corrected chi connectivity index (χ2v) is 7.64. The smallest absolute Gasteiger partial charge is 0.411 e. The maximum Gasteiger partial charge on any atom is 0.411 e. The lowest BCUT2D eigenvalue weighted by molar-refractivity contribution is -0.138. The molecular weight excluding hydrogens is 411 g/mol. The predicted octanol–water partition coefficient (Wildman–Crippen LogP) is 3.79. The van der Waals surface area contributed by atoms with Gasteiger partial charge in [0.2, 0.25) is 0 Å². The molecule has 31 heavy (non-hydrogen) atoms. The Hall–Kier alpha value is -3.01. The minimum Gasteiger partial charge on any atom is -0.465 e. The van der Waals surface area contributed by atoms with Crippen molar-refractivity contribution in [1.29, 1.82) is 0 Å². The lowest BCUT2D eigenvalue weighted by atomic mass is 10.1. The van der Waals surface area contributed by atoms with E-state index in [2.05, 4.69) is 9.88 Å². The van der Waals surface area contributed by atoms with Crippen LogP contribution in [0.25, 0.3) is 0 Å². The summed E-state index contributed by atoms with van der Waals surface area (Å²) in [5.41, 5.74) is 2.34. The number of alkyl halides is 3. The minimum absolute atomic E-state index is 0.0380. The first-order chi connectivity index (χ1) is 14.8. The number of para-hydroxylation sites is 2. The molecule has 0 unspecified atom stereocenters. The maximum absolute atomic E-state index is 12.4. The highest BCUT2D eigenvalue weighted by molar-refractivity contribution is 5.93. The van der Waals surface area contributed by atoms with Crippen LogP contribution < -0.4 is 14.7 Å². The molecule has 4 rings (SSSR count). The van der Waals surface area contributed by atoms with E-state index in [1.54, 1.807) is 12.3 Å². The number of nitrogens with zero attached hydrogens (tertiary/aromatic N) is 5. The van der Waals surface area contributed by atoms with Gasteiger partial charge in [-0.25, -0.2) is 9.78 Å². The van der Waals surface area contributed by atoms with Gasteiger partial charge in [0.15, 0.2) is 0 Å². The third-order valence-corrected chi connectivity index (χ3v) is 5.70. The molecule has 1 fully saturated rings. The summed E-state index contributed by atoms with van der Waals surface area (Å²) >= 11 is 0. The predicted molar refractivity (Wildman–Crippen MR) is 112 cm³/mol. The van der Waals surface area contributed by atoms with Crippen LogP contribution in [0.4, 0.5) is 40.8 Å². The maximum atomic E-state index is 12.4. The van der Waals surface area contributed by atoms with Gasteiger partial charge in [0.1, 0.15) is 5.82 Å². The quantitative estimate of drug-likeness (QED) is 0.789. The Bertz CT molecular complexity index is 914. The van der Waals surface area contributed by atoms with Crippen molar-refractivity contribution in [2.45, 2.75) is 12.6 Å². The number of rotatable bonds is 4. The first kappa shape index (κ1) is 21.2. The van der Waals surface area contributed by atoms with E-state index in [9.17, 15) is 23.1 Å². The molecule has 10 heteroatoms. The molecule has 0 spiro atoms. The Balaban J connectivity index is 1.41. The third kappa shape index (κ3) is 4.84. The van der Waals surface area contributed by atoms with E-state index < -0.39 is 18.7 Å². The van der Waals surface area contributed by atoms with Crippen molar-refractivity contribution in [2.24, 2.45) is 0 Å². The van der Waals surface area contributed by atoms with Gasteiger partial charge >= 0.3 is 12.3 Å². The number of pyridine rings is 1. The Morgan fingerprint density at radius 2 is 1.68 bits per heavy atom. The van der Waals surface area contributed by atoms with Crippen molar-refractivity contribution in [3.8, 4) is 0 Å². The largest absolute Gasteiger partial charge is 0.465 e. The molecular formula is C21H24F3N5O2. The molecule has 2 aliphatic rings. The molecule has 166 valence electrons. The van der Waals surface area contributed by atoms with Crippen LogP contribution in [0.2, 0.25) is 0 Å². The topological polar surface area (TPSA) is 63.2 Å². The van der Waals surface area contributed by atoms with Gasteiger partial charge in [-0.2, -0.15) is 13.2 Å². The molecule has 0 aliphatic carbocycles. The SMILES string of the molecule is O=C(O)N1CCN(c2ccc(N3CCN(CCC(F)(F)F)CC3)cn2)c2ccccc21. The zero-order chi connectivity index (χ0) is 22.0.